The van der Waals surface area contributed by atoms with Crippen LogP contribution in [0.5, 0.6) is 0 Å². The first-order chi connectivity index (χ1) is 11.7. The minimum Gasteiger partial charge on any atom is -0.444 e. The third-order valence-corrected chi connectivity index (χ3v) is 5.28. The van der Waals surface area contributed by atoms with E-state index >= 15 is 0 Å². The van der Waals surface area contributed by atoms with Crippen molar-refractivity contribution >= 4 is 34.9 Å². The van der Waals surface area contributed by atoms with Gasteiger partial charge in [0.05, 0.1) is 10.0 Å². The fourth-order valence-corrected chi connectivity index (χ4v) is 3.59. The molecule has 25 heavy (non-hydrogen) atoms. The van der Waals surface area contributed by atoms with Crippen LogP contribution in [0.4, 0.5) is 4.79 Å². The van der Waals surface area contributed by atoms with Crippen LogP contribution in [-0.2, 0) is 4.74 Å². The topological polar surface area (TPSA) is 32.8 Å². The Morgan fingerprint density at radius 3 is 2.64 bits per heavy atom. The maximum Gasteiger partial charge on any atom is 0.410 e. The van der Waals surface area contributed by atoms with Crippen molar-refractivity contribution in [3.8, 4) is 0 Å². The van der Waals surface area contributed by atoms with Gasteiger partial charge >= 0.3 is 6.09 Å². The molecule has 0 bridgehead atoms. The molecule has 136 valence electrons. The van der Waals surface area contributed by atoms with Gasteiger partial charge in [-0.2, -0.15) is 0 Å². The minimum atomic E-state index is -0.457. The fourth-order valence-electron chi connectivity index (χ4n) is 3.29. The number of hydrogen-bond acceptors (Lipinski definition) is 3. The second kappa shape index (κ2) is 7.08. The van der Waals surface area contributed by atoms with E-state index in [1.165, 1.54) is 5.57 Å². The predicted molar refractivity (Wildman–Crippen MR) is 102 cm³/mol. The fraction of sp³-hybridized carbons (Fsp3) is 0.526. The first-order valence-corrected chi connectivity index (χ1v) is 9.38. The Bertz CT molecular complexity index is 697. The zero-order valence-electron chi connectivity index (χ0n) is 14.9. The summed E-state index contributed by atoms with van der Waals surface area (Å²) in [6, 6.07) is 6.12. The Kier molecular flexibility index (Phi) is 5.21. The minimum absolute atomic E-state index is 0.216. The summed E-state index contributed by atoms with van der Waals surface area (Å²) in [6.07, 6.45) is 3.96. The van der Waals surface area contributed by atoms with Crippen molar-refractivity contribution < 1.29 is 9.53 Å². The lowest BCUT2D eigenvalue weighted by molar-refractivity contribution is 0.00883. The van der Waals surface area contributed by atoms with E-state index in [0.717, 1.165) is 24.9 Å². The van der Waals surface area contributed by atoms with Gasteiger partial charge in [-0.25, -0.2) is 4.79 Å². The number of allylic oxidation sites excluding steroid dienone is 1. The van der Waals surface area contributed by atoms with E-state index in [1.54, 1.807) is 0 Å². The molecule has 0 N–H and O–H groups in total. The highest BCUT2D eigenvalue weighted by Gasteiger charge is 2.32. The molecule has 2 heterocycles. The molecule has 1 saturated heterocycles. The van der Waals surface area contributed by atoms with E-state index in [9.17, 15) is 4.79 Å². The smallest absolute Gasteiger partial charge is 0.410 e. The highest BCUT2D eigenvalue weighted by molar-refractivity contribution is 6.42. The van der Waals surface area contributed by atoms with Crippen LogP contribution in [0.15, 0.2) is 24.4 Å². The van der Waals surface area contributed by atoms with Crippen LogP contribution in [0.1, 0.15) is 39.2 Å². The number of nitrogens with zero attached hydrogens (tertiary/aromatic N) is 2. The summed E-state index contributed by atoms with van der Waals surface area (Å²) in [5, 5.41) is 1.16. The molecule has 0 aliphatic carbocycles. The normalized spacial score (nSPS) is 20.8. The first-order valence-electron chi connectivity index (χ1n) is 8.63. The Hall–Kier alpha value is -1.39. The number of carbonyl (C=O) groups is 1. The molecular formula is C19H24Cl2N2O2. The Balaban J connectivity index is 1.68. The molecule has 2 aliphatic rings. The average Bonchev–Trinajstić information content (AvgIpc) is 2.55. The largest absolute Gasteiger partial charge is 0.444 e. The van der Waals surface area contributed by atoms with Gasteiger partial charge in [0.2, 0.25) is 0 Å². The van der Waals surface area contributed by atoms with Crippen LogP contribution in [0, 0.1) is 0 Å². The summed E-state index contributed by atoms with van der Waals surface area (Å²) < 4.78 is 5.50. The molecule has 0 spiro atoms. The summed E-state index contributed by atoms with van der Waals surface area (Å²) in [6.45, 7) is 7.89. The Morgan fingerprint density at radius 2 is 1.96 bits per heavy atom. The Morgan fingerprint density at radius 1 is 1.20 bits per heavy atom. The number of benzene rings is 1. The van der Waals surface area contributed by atoms with Gasteiger partial charge in [0.1, 0.15) is 5.60 Å². The van der Waals surface area contributed by atoms with Gasteiger partial charge in [0, 0.05) is 31.9 Å². The summed E-state index contributed by atoms with van der Waals surface area (Å²) >= 11 is 12.2. The van der Waals surface area contributed by atoms with Gasteiger partial charge in [-0.3, -0.25) is 0 Å². The van der Waals surface area contributed by atoms with Gasteiger partial charge < -0.3 is 14.5 Å². The standard InChI is InChI=1S/C19H24Cl2N2O2/c1-19(2,3)25-18(24)23-9-8-22-11-14(4-6-15(22)12-23)13-5-7-16(20)17(21)10-13/h5,7,10-11,15H,4,6,8-9,12H2,1-3H3. The van der Waals surface area contributed by atoms with E-state index in [4.69, 9.17) is 27.9 Å². The van der Waals surface area contributed by atoms with E-state index in [0.29, 0.717) is 29.2 Å². The lowest BCUT2D eigenvalue weighted by Crippen LogP contribution is -2.54. The van der Waals surface area contributed by atoms with Crippen LogP contribution in [0.25, 0.3) is 5.57 Å². The summed E-state index contributed by atoms with van der Waals surface area (Å²) in [4.78, 5) is 16.4. The van der Waals surface area contributed by atoms with Crippen LogP contribution < -0.4 is 0 Å². The summed E-state index contributed by atoms with van der Waals surface area (Å²) in [5.41, 5.74) is 1.92. The molecule has 0 saturated carbocycles. The zero-order chi connectivity index (χ0) is 18.2. The zero-order valence-corrected chi connectivity index (χ0v) is 16.4. The number of amides is 1. The lowest BCUT2D eigenvalue weighted by atomic mass is 9.93. The van der Waals surface area contributed by atoms with Crippen molar-refractivity contribution in [2.75, 3.05) is 19.6 Å². The second-order valence-corrected chi connectivity index (χ2v) is 8.45. The number of halogens is 2. The molecule has 3 rings (SSSR count). The van der Waals surface area contributed by atoms with Gasteiger partial charge in [-0.1, -0.05) is 29.3 Å². The quantitative estimate of drug-likeness (QED) is 0.680. The molecule has 1 amide bonds. The summed E-state index contributed by atoms with van der Waals surface area (Å²) in [5.74, 6) is 0. The van der Waals surface area contributed by atoms with E-state index in [2.05, 4.69) is 11.1 Å². The van der Waals surface area contributed by atoms with E-state index in [-0.39, 0.29) is 6.09 Å². The predicted octanol–water partition coefficient (Wildman–Crippen LogP) is 5.05. The number of ether oxygens (including phenoxy) is 1. The van der Waals surface area contributed by atoms with Crippen molar-refractivity contribution in [2.45, 2.75) is 45.3 Å². The van der Waals surface area contributed by atoms with Crippen molar-refractivity contribution in [2.24, 2.45) is 0 Å². The third-order valence-electron chi connectivity index (χ3n) is 4.54. The van der Waals surface area contributed by atoms with Gasteiger partial charge in [-0.05, 0) is 56.9 Å². The molecule has 1 fully saturated rings. The molecule has 1 aromatic rings. The molecule has 1 atom stereocenters. The van der Waals surface area contributed by atoms with Crippen molar-refractivity contribution in [1.29, 1.82) is 0 Å². The number of rotatable bonds is 1. The first kappa shape index (κ1) is 18.4. The monoisotopic (exact) mass is 382 g/mol. The highest BCUT2D eigenvalue weighted by atomic mass is 35.5. The van der Waals surface area contributed by atoms with E-state index < -0.39 is 5.60 Å². The third kappa shape index (κ3) is 4.42. The summed E-state index contributed by atoms with van der Waals surface area (Å²) in [7, 11) is 0. The van der Waals surface area contributed by atoms with E-state index in [1.807, 2.05) is 43.9 Å². The highest BCUT2D eigenvalue weighted by Crippen LogP contribution is 2.33. The SMILES string of the molecule is CC(C)(C)OC(=O)N1CCN2C=C(c3ccc(Cl)c(Cl)c3)CCC2C1. The molecular weight excluding hydrogens is 359 g/mol. The number of piperazine rings is 1. The van der Waals surface area contributed by atoms with Gasteiger partial charge in [0.25, 0.3) is 0 Å². The van der Waals surface area contributed by atoms with Crippen LogP contribution in [0.2, 0.25) is 10.0 Å². The molecule has 0 aromatic heterocycles. The van der Waals surface area contributed by atoms with Crippen molar-refractivity contribution in [1.82, 2.24) is 9.80 Å². The van der Waals surface area contributed by atoms with Crippen LogP contribution >= 0.6 is 23.2 Å². The molecule has 4 nitrogen and oxygen atoms in total. The average molecular weight is 383 g/mol. The van der Waals surface area contributed by atoms with Crippen molar-refractivity contribution in [3.63, 3.8) is 0 Å². The molecule has 0 radical (unpaired) electrons. The van der Waals surface area contributed by atoms with Gasteiger partial charge in [-0.15, -0.1) is 0 Å². The lowest BCUT2D eigenvalue weighted by Gasteiger charge is -2.43. The molecule has 2 aliphatic heterocycles. The number of hydrogen-bond donors (Lipinski definition) is 0. The maximum absolute atomic E-state index is 12.3. The maximum atomic E-state index is 12.3. The molecule has 6 heteroatoms. The van der Waals surface area contributed by atoms with Gasteiger partial charge in [0.15, 0.2) is 0 Å². The second-order valence-electron chi connectivity index (χ2n) is 7.64. The number of fused-ring (bicyclic) bond motifs is 1. The number of carbonyl (C=O) groups excluding carboxylic acids is 1. The van der Waals surface area contributed by atoms with Crippen LogP contribution in [-0.4, -0.2) is 47.2 Å². The molecule has 1 unspecified atom stereocenters. The Labute approximate surface area is 159 Å². The van der Waals surface area contributed by atoms with Crippen molar-refractivity contribution in [3.05, 3.63) is 40.0 Å². The van der Waals surface area contributed by atoms with Crippen LogP contribution in [0.3, 0.4) is 0 Å². The molecule has 1 aromatic carbocycles.